The minimum atomic E-state index is 0.748. The molecule has 0 aliphatic heterocycles. The van der Waals surface area contributed by atoms with Gasteiger partial charge in [-0.05, 0) is 0 Å². The highest BCUT2D eigenvalue weighted by Crippen LogP contribution is 1.96. The van der Waals surface area contributed by atoms with Crippen molar-refractivity contribution in [3.8, 4) is 5.82 Å². The van der Waals surface area contributed by atoms with E-state index in [1.807, 2.05) is 6.07 Å². The zero-order valence-corrected chi connectivity index (χ0v) is 5.10. The van der Waals surface area contributed by atoms with Crippen LogP contribution in [0.1, 0.15) is 0 Å². The molecule has 0 amide bonds. The topological polar surface area (TPSA) is 59.4 Å². The van der Waals surface area contributed by atoms with Crippen LogP contribution in [-0.4, -0.2) is 25.2 Å². The number of nitrogens with zero attached hydrogens (tertiary/aromatic N) is 4. The van der Waals surface area contributed by atoms with Crippen LogP contribution in [-0.2, 0) is 0 Å². The molecule has 0 radical (unpaired) electrons. The molecule has 0 saturated heterocycles. The highest BCUT2D eigenvalue weighted by atomic mass is 15.4. The zero-order valence-electron chi connectivity index (χ0n) is 5.10. The van der Waals surface area contributed by atoms with E-state index in [2.05, 4.69) is 20.5 Å². The molecule has 0 unspecified atom stereocenters. The summed E-state index contributed by atoms with van der Waals surface area (Å²) in [6.45, 7) is 0. The molecule has 0 aliphatic carbocycles. The second kappa shape index (κ2) is 1.94. The van der Waals surface area contributed by atoms with Crippen molar-refractivity contribution in [2.24, 2.45) is 0 Å². The van der Waals surface area contributed by atoms with E-state index in [1.54, 1.807) is 23.3 Å². The molecule has 2 heterocycles. The first-order chi connectivity index (χ1) is 4.97. The third-order valence-corrected chi connectivity index (χ3v) is 1.14. The number of aromatic nitrogens is 5. The molecule has 0 fully saturated rings. The van der Waals surface area contributed by atoms with Crippen LogP contribution in [0.2, 0.25) is 0 Å². The molecule has 0 aromatic carbocycles. The molecule has 0 atom stereocenters. The molecule has 0 aliphatic rings. The maximum absolute atomic E-state index is 3.89. The maximum atomic E-state index is 3.89. The van der Waals surface area contributed by atoms with Crippen molar-refractivity contribution in [1.29, 1.82) is 0 Å². The van der Waals surface area contributed by atoms with Crippen molar-refractivity contribution in [2.75, 3.05) is 0 Å². The van der Waals surface area contributed by atoms with Crippen LogP contribution in [0.5, 0.6) is 0 Å². The number of aromatic amines is 1. The van der Waals surface area contributed by atoms with Crippen LogP contribution in [0, 0.1) is 0 Å². The van der Waals surface area contributed by atoms with E-state index in [0.29, 0.717) is 0 Å². The molecule has 0 bridgehead atoms. The lowest BCUT2D eigenvalue weighted by atomic mass is 10.6. The Hall–Kier alpha value is -1.65. The number of H-pyrrole nitrogens is 1. The highest BCUT2D eigenvalue weighted by molar-refractivity contribution is 5.15. The van der Waals surface area contributed by atoms with Gasteiger partial charge >= 0.3 is 0 Å². The number of rotatable bonds is 1. The molecule has 0 saturated carbocycles. The summed E-state index contributed by atoms with van der Waals surface area (Å²) in [4.78, 5) is 0. The zero-order chi connectivity index (χ0) is 6.81. The standard InChI is InChI=1S/C5H5N5/c1-2-6-8-5(1)10-4-3-7-9-10/h1-4H,(H,6,8). The van der Waals surface area contributed by atoms with Gasteiger partial charge < -0.3 is 0 Å². The summed E-state index contributed by atoms with van der Waals surface area (Å²) in [6, 6.07) is 1.81. The van der Waals surface area contributed by atoms with E-state index in [4.69, 9.17) is 0 Å². The monoisotopic (exact) mass is 135 g/mol. The van der Waals surface area contributed by atoms with Gasteiger partial charge in [0.15, 0.2) is 5.82 Å². The molecular formula is C5H5N5. The SMILES string of the molecule is c1cn(-c2cc[nH]n2)nn1. The van der Waals surface area contributed by atoms with Crippen LogP contribution in [0.25, 0.3) is 5.82 Å². The predicted molar refractivity (Wildman–Crippen MR) is 33.5 cm³/mol. The lowest BCUT2D eigenvalue weighted by Gasteiger charge is -1.88. The second-order valence-corrected chi connectivity index (χ2v) is 1.78. The van der Waals surface area contributed by atoms with Crippen LogP contribution in [0.15, 0.2) is 24.7 Å². The van der Waals surface area contributed by atoms with Crippen molar-refractivity contribution in [2.45, 2.75) is 0 Å². The van der Waals surface area contributed by atoms with Gasteiger partial charge in [-0.25, -0.2) is 4.68 Å². The smallest absolute Gasteiger partial charge is 0.176 e. The van der Waals surface area contributed by atoms with E-state index in [-0.39, 0.29) is 0 Å². The second-order valence-electron chi connectivity index (χ2n) is 1.78. The van der Waals surface area contributed by atoms with Gasteiger partial charge in [-0.2, -0.15) is 5.10 Å². The first-order valence-corrected chi connectivity index (χ1v) is 2.83. The minimum Gasteiger partial charge on any atom is -0.284 e. The molecule has 0 spiro atoms. The van der Waals surface area contributed by atoms with Crippen LogP contribution in [0.4, 0.5) is 0 Å². The fraction of sp³-hybridized carbons (Fsp3) is 0. The molecule has 10 heavy (non-hydrogen) atoms. The lowest BCUT2D eigenvalue weighted by Crippen LogP contribution is -1.94. The molecular weight excluding hydrogens is 130 g/mol. The number of hydrogen-bond donors (Lipinski definition) is 1. The minimum absolute atomic E-state index is 0.748. The normalized spacial score (nSPS) is 10.0. The third kappa shape index (κ3) is 0.680. The summed E-state index contributed by atoms with van der Waals surface area (Å²) >= 11 is 0. The highest BCUT2D eigenvalue weighted by Gasteiger charge is 1.95. The summed E-state index contributed by atoms with van der Waals surface area (Å²) in [6.07, 6.45) is 5.07. The van der Waals surface area contributed by atoms with Crippen molar-refractivity contribution in [1.82, 2.24) is 25.2 Å². The molecule has 5 nitrogen and oxygen atoms in total. The van der Waals surface area contributed by atoms with Gasteiger partial charge in [0.25, 0.3) is 0 Å². The number of nitrogens with one attached hydrogen (secondary N) is 1. The Morgan fingerprint density at radius 2 is 2.50 bits per heavy atom. The Kier molecular flexibility index (Phi) is 1.00. The summed E-state index contributed by atoms with van der Waals surface area (Å²) in [5.74, 6) is 0.748. The van der Waals surface area contributed by atoms with E-state index in [1.165, 1.54) is 0 Å². The Balaban J connectivity index is 2.48. The van der Waals surface area contributed by atoms with Crippen molar-refractivity contribution < 1.29 is 0 Å². The van der Waals surface area contributed by atoms with Crippen molar-refractivity contribution >= 4 is 0 Å². The van der Waals surface area contributed by atoms with Gasteiger partial charge in [-0.15, -0.1) is 5.10 Å². The van der Waals surface area contributed by atoms with Crippen LogP contribution >= 0.6 is 0 Å². The Morgan fingerprint density at radius 1 is 1.50 bits per heavy atom. The quantitative estimate of drug-likeness (QED) is 0.598. The molecule has 2 rings (SSSR count). The van der Waals surface area contributed by atoms with Gasteiger partial charge in [0, 0.05) is 12.3 Å². The summed E-state index contributed by atoms with van der Waals surface area (Å²) in [5, 5.41) is 14.0. The maximum Gasteiger partial charge on any atom is 0.176 e. The van der Waals surface area contributed by atoms with E-state index >= 15 is 0 Å². The summed E-state index contributed by atoms with van der Waals surface area (Å²) in [5.41, 5.74) is 0. The van der Waals surface area contributed by atoms with Crippen LogP contribution < -0.4 is 0 Å². The molecule has 2 aromatic heterocycles. The third-order valence-electron chi connectivity index (χ3n) is 1.14. The van der Waals surface area contributed by atoms with Crippen molar-refractivity contribution in [3.05, 3.63) is 24.7 Å². The average Bonchev–Trinajstić information content (AvgIpc) is 2.59. The lowest BCUT2D eigenvalue weighted by molar-refractivity contribution is 0.776. The first-order valence-electron chi connectivity index (χ1n) is 2.83. The van der Waals surface area contributed by atoms with E-state index < -0.39 is 0 Å². The predicted octanol–water partition coefficient (Wildman–Crippen LogP) is -0.00960. The molecule has 1 N–H and O–H groups in total. The summed E-state index contributed by atoms with van der Waals surface area (Å²) in [7, 11) is 0. The largest absolute Gasteiger partial charge is 0.284 e. The molecule has 50 valence electrons. The van der Waals surface area contributed by atoms with Gasteiger partial charge in [0.2, 0.25) is 0 Å². The Bertz CT molecular complexity index is 249. The average molecular weight is 135 g/mol. The van der Waals surface area contributed by atoms with Gasteiger partial charge in [-0.1, -0.05) is 5.21 Å². The van der Waals surface area contributed by atoms with Gasteiger partial charge in [0.1, 0.15) is 0 Å². The van der Waals surface area contributed by atoms with Gasteiger partial charge in [0.05, 0.1) is 12.4 Å². The molecule has 2 aromatic rings. The van der Waals surface area contributed by atoms with E-state index in [9.17, 15) is 0 Å². The van der Waals surface area contributed by atoms with Gasteiger partial charge in [-0.3, -0.25) is 5.10 Å². The van der Waals surface area contributed by atoms with Crippen molar-refractivity contribution in [3.63, 3.8) is 0 Å². The fourth-order valence-electron chi connectivity index (χ4n) is 0.710. The van der Waals surface area contributed by atoms with Crippen LogP contribution in [0.3, 0.4) is 0 Å². The fourth-order valence-corrected chi connectivity index (χ4v) is 0.710. The first kappa shape index (κ1) is 5.16. The Labute approximate surface area is 56.7 Å². The number of hydrogen-bond acceptors (Lipinski definition) is 3. The molecule has 5 heteroatoms. The Morgan fingerprint density at radius 3 is 3.10 bits per heavy atom. The summed E-state index contributed by atoms with van der Waals surface area (Å²) < 4.78 is 1.58. The van der Waals surface area contributed by atoms with E-state index in [0.717, 1.165) is 5.82 Å².